The number of ketones is 1. The van der Waals surface area contributed by atoms with Crippen LogP contribution in [0, 0.1) is 23.2 Å². The number of fused-ring (bicyclic) bond motifs is 1. The number of benzene rings is 1. The lowest BCUT2D eigenvalue weighted by atomic mass is 9.60. The quantitative estimate of drug-likeness (QED) is 0.534. The van der Waals surface area contributed by atoms with Crippen LogP contribution in [0.2, 0.25) is 0 Å². The van der Waals surface area contributed by atoms with Gasteiger partial charge in [-0.3, -0.25) is 4.79 Å². The first kappa shape index (κ1) is 18.6. The van der Waals surface area contributed by atoms with E-state index in [4.69, 9.17) is 9.47 Å². The van der Waals surface area contributed by atoms with Crippen LogP contribution in [0.25, 0.3) is 5.57 Å². The van der Waals surface area contributed by atoms with Gasteiger partial charge in [0, 0.05) is 18.8 Å². The molecule has 3 rings (SSSR count). The number of hydrogen-bond acceptors (Lipinski definition) is 3. The fraction of sp³-hybridized carbons (Fsp3) is 0.522. The Morgan fingerprint density at radius 3 is 2.77 bits per heavy atom. The first-order valence-electron chi connectivity index (χ1n) is 9.61. The molecular weight excluding hydrogens is 324 g/mol. The molecule has 138 valence electrons. The number of ether oxygens (including phenoxy) is 2. The second-order valence-corrected chi connectivity index (χ2v) is 7.45. The number of rotatable bonds is 6. The van der Waals surface area contributed by atoms with E-state index >= 15 is 0 Å². The summed E-state index contributed by atoms with van der Waals surface area (Å²) in [6.45, 7) is 6.16. The zero-order chi connectivity index (χ0) is 18.7. The molecule has 3 heteroatoms. The SMILES string of the molecule is CCCCC#C[C@@]12C(=O)C[C@@H]1CC(c1cccc(OC)c1)=C2OC(C)C. The number of Topliss-reactive ketones (excluding diaryl/α,β-unsaturated/α-hetero) is 1. The predicted molar refractivity (Wildman–Crippen MR) is 104 cm³/mol. The third-order valence-electron chi connectivity index (χ3n) is 5.28. The van der Waals surface area contributed by atoms with Crippen LogP contribution < -0.4 is 4.74 Å². The fourth-order valence-electron chi connectivity index (χ4n) is 3.90. The summed E-state index contributed by atoms with van der Waals surface area (Å²) in [4.78, 5) is 12.7. The van der Waals surface area contributed by atoms with E-state index in [1.165, 1.54) is 0 Å². The lowest BCUT2D eigenvalue weighted by molar-refractivity contribution is -0.139. The smallest absolute Gasteiger partial charge is 0.159 e. The summed E-state index contributed by atoms with van der Waals surface area (Å²) in [5, 5.41) is 0. The molecule has 1 fully saturated rings. The molecule has 1 aromatic rings. The van der Waals surface area contributed by atoms with Crippen molar-refractivity contribution in [2.45, 2.75) is 59.0 Å². The van der Waals surface area contributed by atoms with E-state index in [0.717, 1.165) is 48.3 Å². The molecule has 3 nitrogen and oxygen atoms in total. The van der Waals surface area contributed by atoms with Crippen LogP contribution in [0.15, 0.2) is 30.0 Å². The van der Waals surface area contributed by atoms with Gasteiger partial charge in [0.2, 0.25) is 0 Å². The minimum Gasteiger partial charge on any atom is -0.497 e. The number of unbranched alkanes of at least 4 members (excludes halogenated alkanes) is 2. The van der Waals surface area contributed by atoms with Gasteiger partial charge in [0.05, 0.1) is 13.2 Å². The highest BCUT2D eigenvalue weighted by Gasteiger charge is 2.62. The van der Waals surface area contributed by atoms with Crippen LogP contribution in [0.3, 0.4) is 0 Å². The Morgan fingerprint density at radius 1 is 1.31 bits per heavy atom. The van der Waals surface area contributed by atoms with Gasteiger partial charge in [-0.05, 0) is 50.0 Å². The number of allylic oxidation sites excluding steroid dienone is 2. The molecule has 2 aliphatic carbocycles. The Bertz CT molecular complexity index is 778. The fourth-order valence-corrected chi connectivity index (χ4v) is 3.90. The van der Waals surface area contributed by atoms with Crippen LogP contribution >= 0.6 is 0 Å². The van der Waals surface area contributed by atoms with Gasteiger partial charge in [0.1, 0.15) is 11.5 Å². The third-order valence-corrected chi connectivity index (χ3v) is 5.28. The average molecular weight is 352 g/mol. The molecule has 0 spiro atoms. The first-order valence-corrected chi connectivity index (χ1v) is 9.61. The molecule has 1 aromatic carbocycles. The molecule has 0 bridgehead atoms. The van der Waals surface area contributed by atoms with Crippen molar-refractivity contribution in [3.63, 3.8) is 0 Å². The van der Waals surface area contributed by atoms with E-state index in [-0.39, 0.29) is 17.8 Å². The Labute approximate surface area is 156 Å². The van der Waals surface area contributed by atoms with Gasteiger partial charge in [-0.15, -0.1) is 5.92 Å². The van der Waals surface area contributed by atoms with Crippen molar-refractivity contribution in [2.75, 3.05) is 7.11 Å². The van der Waals surface area contributed by atoms with Crippen LogP contribution in [0.5, 0.6) is 5.75 Å². The lowest BCUT2D eigenvalue weighted by Crippen LogP contribution is -2.48. The molecule has 0 aromatic heterocycles. The molecule has 1 saturated carbocycles. The van der Waals surface area contributed by atoms with Crippen molar-refractivity contribution < 1.29 is 14.3 Å². The van der Waals surface area contributed by atoms with Gasteiger partial charge >= 0.3 is 0 Å². The average Bonchev–Trinajstić information content (AvgIpc) is 2.87. The summed E-state index contributed by atoms with van der Waals surface area (Å²) in [7, 11) is 1.67. The van der Waals surface area contributed by atoms with E-state index < -0.39 is 5.41 Å². The molecule has 2 aliphatic rings. The van der Waals surface area contributed by atoms with E-state index in [9.17, 15) is 4.79 Å². The van der Waals surface area contributed by atoms with Crippen molar-refractivity contribution in [1.29, 1.82) is 0 Å². The normalized spacial score (nSPS) is 24.0. The molecule has 0 aliphatic heterocycles. The summed E-state index contributed by atoms with van der Waals surface area (Å²) in [5.74, 6) is 8.66. The van der Waals surface area contributed by atoms with Crippen LogP contribution in [-0.2, 0) is 9.53 Å². The van der Waals surface area contributed by atoms with Crippen molar-refractivity contribution in [3.05, 3.63) is 35.6 Å². The van der Waals surface area contributed by atoms with Gasteiger partial charge in [-0.25, -0.2) is 0 Å². The van der Waals surface area contributed by atoms with Crippen LogP contribution in [0.1, 0.15) is 58.4 Å². The molecule has 0 saturated heterocycles. The second kappa shape index (κ2) is 7.58. The maximum Gasteiger partial charge on any atom is 0.159 e. The van der Waals surface area contributed by atoms with Gasteiger partial charge < -0.3 is 9.47 Å². The number of methoxy groups -OCH3 is 1. The first-order chi connectivity index (χ1) is 12.5. The Morgan fingerprint density at radius 2 is 2.12 bits per heavy atom. The minimum atomic E-state index is -0.726. The molecule has 2 atom stereocenters. The highest BCUT2D eigenvalue weighted by Crippen LogP contribution is 2.60. The summed E-state index contributed by atoms with van der Waals surface area (Å²) in [6, 6.07) is 8.00. The van der Waals surface area contributed by atoms with E-state index in [0.29, 0.717) is 6.42 Å². The summed E-state index contributed by atoms with van der Waals surface area (Å²) < 4.78 is 11.6. The molecule has 26 heavy (non-hydrogen) atoms. The maximum absolute atomic E-state index is 12.7. The van der Waals surface area contributed by atoms with Crippen molar-refractivity contribution >= 4 is 11.4 Å². The maximum atomic E-state index is 12.7. The molecule has 0 amide bonds. The van der Waals surface area contributed by atoms with Gasteiger partial charge in [0.15, 0.2) is 11.2 Å². The Kier molecular flexibility index (Phi) is 5.41. The van der Waals surface area contributed by atoms with Crippen molar-refractivity contribution in [2.24, 2.45) is 11.3 Å². The highest BCUT2D eigenvalue weighted by molar-refractivity contribution is 6.02. The van der Waals surface area contributed by atoms with E-state index in [1.54, 1.807) is 7.11 Å². The molecule has 0 radical (unpaired) electrons. The van der Waals surface area contributed by atoms with Crippen molar-refractivity contribution in [1.82, 2.24) is 0 Å². The third kappa shape index (κ3) is 3.14. The van der Waals surface area contributed by atoms with E-state index in [1.807, 2.05) is 32.0 Å². The molecule has 0 unspecified atom stereocenters. The summed E-state index contributed by atoms with van der Waals surface area (Å²) >= 11 is 0. The second-order valence-electron chi connectivity index (χ2n) is 7.45. The predicted octanol–water partition coefficient (Wildman–Crippen LogP) is 5.00. The van der Waals surface area contributed by atoms with Gasteiger partial charge in [-0.2, -0.15) is 0 Å². The highest BCUT2D eigenvalue weighted by atomic mass is 16.5. The molecular formula is C23H28O3. The lowest BCUT2D eigenvalue weighted by Gasteiger charge is -2.40. The standard InChI is InChI=1S/C23H28O3/c1-5-6-7-8-12-23-18(15-21(23)24)14-20(22(23)26-16(2)3)17-10-9-11-19(13-17)25-4/h9-11,13,16,18H,5-7,14-15H2,1-4H3/t18-,23-/m0/s1. The van der Waals surface area contributed by atoms with Gasteiger partial charge in [-0.1, -0.05) is 31.4 Å². The van der Waals surface area contributed by atoms with Gasteiger partial charge in [0.25, 0.3) is 0 Å². The largest absolute Gasteiger partial charge is 0.497 e. The van der Waals surface area contributed by atoms with Crippen molar-refractivity contribution in [3.8, 4) is 17.6 Å². The number of carbonyl (C=O) groups is 1. The molecule has 0 N–H and O–H groups in total. The summed E-state index contributed by atoms with van der Waals surface area (Å²) in [5.41, 5.74) is 1.45. The number of hydrogen-bond donors (Lipinski definition) is 0. The Hall–Kier alpha value is -2.21. The Balaban J connectivity index is 2.07. The molecule has 0 heterocycles. The van der Waals surface area contributed by atoms with Crippen LogP contribution in [-0.4, -0.2) is 19.0 Å². The van der Waals surface area contributed by atoms with E-state index in [2.05, 4.69) is 24.8 Å². The number of carbonyl (C=O) groups excluding carboxylic acids is 1. The van der Waals surface area contributed by atoms with Crippen LogP contribution in [0.4, 0.5) is 0 Å². The topological polar surface area (TPSA) is 35.5 Å². The minimum absolute atomic E-state index is 0.00655. The zero-order valence-electron chi connectivity index (χ0n) is 16.2. The summed E-state index contributed by atoms with van der Waals surface area (Å²) in [6.07, 6.45) is 4.45. The monoisotopic (exact) mass is 352 g/mol. The zero-order valence-corrected chi connectivity index (χ0v) is 16.2.